The summed E-state index contributed by atoms with van der Waals surface area (Å²) in [5.74, 6) is -0.353. The fraction of sp³-hybridized carbons (Fsp3) is 0.0435. The molecular weight excluding hydrogens is 353 g/mol. The lowest BCUT2D eigenvalue weighted by molar-refractivity contribution is 0.627. The van der Waals surface area contributed by atoms with Gasteiger partial charge in [-0.05, 0) is 43.3 Å². The van der Waals surface area contributed by atoms with E-state index in [1.807, 2.05) is 67.6 Å². The monoisotopic (exact) mass is 371 g/mol. The average Bonchev–Trinajstić information content (AvgIpc) is 3.07. The molecule has 0 aliphatic heterocycles. The van der Waals surface area contributed by atoms with E-state index in [0.29, 0.717) is 22.7 Å². The second-order valence-corrected chi connectivity index (χ2v) is 6.38. The van der Waals surface area contributed by atoms with E-state index in [2.05, 4.69) is 10.1 Å². The van der Waals surface area contributed by atoms with Crippen LogP contribution in [0.15, 0.2) is 94.7 Å². The van der Waals surface area contributed by atoms with Gasteiger partial charge in [0.2, 0.25) is 0 Å². The van der Waals surface area contributed by atoms with Gasteiger partial charge < -0.3 is 0 Å². The van der Waals surface area contributed by atoms with Gasteiger partial charge in [0.05, 0.1) is 28.3 Å². The highest BCUT2D eigenvalue weighted by Crippen LogP contribution is 2.23. The second-order valence-electron chi connectivity index (χ2n) is 6.38. The Morgan fingerprint density at radius 3 is 2.14 bits per heavy atom. The highest BCUT2D eigenvalue weighted by atomic mass is 19.1. The van der Waals surface area contributed by atoms with E-state index in [0.717, 1.165) is 11.3 Å². The maximum Gasteiger partial charge on any atom is 0.280 e. The smallest absolute Gasteiger partial charge is 0.280 e. The van der Waals surface area contributed by atoms with E-state index in [4.69, 9.17) is 0 Å². The minimum absolute atomic E-state index is 0.234. The Labute approximate surface area is 161 Å². The van der Waals surface area contributed by atoms with Crippen molar-refractivity contribution < 1.29 is 4.39 Å². The lowest BCUT2D eigenvalue weighted by Crippen LogP contribution is -2.19. The third-order valence-corrected chi connectivity index (χ3v) is 4.45. The number of aromatic amines is 1. The number of H-pyrrole nitrogens is 1. The van der Waals surface area contributed by atoms with Crippen LogP contribution in [0.25, 0.3) is 16.9 Å². The van der Waals surface area contributed by atoms with Gasteiger partial charge in [-0.15, -0.1) is 0 Å². The number of rotatable bonds is 4. The first-order chi connectivity index (χ1) is 13.6. The summed E-state index contributed by atoms with van der Waals surface area (Å²) >= 11 is 0. The first-order valence-corrected chi connectivity index (χ1v) is 8.90. The van der Waals surface area contributed by atoms with E-state index >= 15 is 0 Å². The summed E-state index contributed by atoms with van der Waals surface area (Å²) < 4.78 is 14.7. The molecule has 0 aliphatic carbocycles. The van der Waals surface area contributed by atoms with Gasteiger partial charge in [0.1, 0.15) is 5.82 Å². The van der Waals surface area contributed by atoms with Crippen LogP contribution in [0.2, 0.25) is 0 Å². The van der Waals surface area contributed by atoms with Crippen LogP contribution in [0.1, 0.15) is 12.5 Å². The maximum absolute atomic E-state index is 13.3. The molecule has 4 aromatic rings. The van der Waals surface area contributed by atoms with Crippen molar-refractivity contribution in [3.8, 4) is 16.9 Å². The zero-order chi connectivity index (χ0) is 19.5. The lowest BCUT2D eigenvalue weighted by atomic mass is 10.1. The van der Waals surface area contributed by atoms with Crippen molar-refractivity contribution in [1.82, 2.24) is 9.78 Å². The maximum atomic E-state index is 13.3. The van der Waals surface area contributed by atoms with Gasteiger partial charge in [-0.3, -0.25) is 14.9 Å². The third kappa shape index (κ3) is 3.42. The predicted molar refractivity (Wildman–Crippen MR) is 110 cm³/mol. The Kier molecular flexibility index (Phi) is 4.72. The van der Waals surface area contributed by atoms with Crippen molar-refractivity contribution in [3.05, 3.63) is 107 Å². The highest BCUT2D eigenvalue weighted by molar-refractivity contribution is 6.04. The molecule has 0 bridgehead atoms. The predicted octanol–water partition coefficient (Wildman–Crippen LogP) is 5.11. The van der Waals surface area contributed by atoms with Crippen molar-refractivity contribution in [2.75, 3.05) is 0 Å². The summed E-state index contributed by atoms with van der Waals surface area (Å²) in [4.78, 5) is 17.9. The van der Waals surface area contributed by atoms with E-state index in [1.165, 1.54) is 16.8 Å². The van der Waals surface area contributed by atoms with E-state index in [-0.39, 0.29) is 11.4 Å². The summed E-state index contributed by atoms with van der Waals surface area (Å²) in [6.45, 7) is 1.82. The molecule has 1 N–H and O–H groups in total. The van der Waals surface area contributed by atoms with E-state index in [9.17, 15) is 9.18 Å². The number of hydrogen-bond donors (Lipinski definition) is 1. The van der Waals surface area contributed by atoms with Crippen molar-refractivity contribution >= 4 is 11.4 Å². The van der Waals surface area contributed by atoms with Crippen molar-refractivity contribution in [2.45, 2.75) is 6.92 Å². The van der Waals surface area contributed by atoms with Gasteiger partial charge in [0.25, 0.3) is 5.56 Å². The largest absolute Gasteiger partial charge is 0.290 e. The standard InChI is InChI=1S/C23H18FN3O/c1-16(25-19-10-6-3-7-11-19)21-22(17-8-4-2-5-9-17)26-27(23(21)28)20-14-12-18(24)13-15-20/h2-15,26H,1H3. The molecule has 0 saturated carbocycles. The number of nitrogens with one attached hydrogen (secondary N) is 1. The zero-order valence-corrected chi connectivity index (χ0v) is 15.3. The van der Waals surface area contributed by atoms with Gasteiger partial charge in [0, 0.05) is 5.56 Å². The van der Waals surface area contributed by atoms with Gasteiger partial charge in [0.15, 0.2) is 0 Å². The average molecular weight is 371 g/mol. The van der Waals surface area contributed by atoms with Crippen LogP contribution in [-0.4, -0.2) is 15.5 Å². The van der Waals surface area contributed by atoms with E-state index < -0.39 is 0 Å². The lowest BCUT2D eigenvalue weighted by Gasteiger charge is -2.03. The molecule has 138 valence electrons. The second kappa shape index (κ2) is 7.48. The summed E-state index contributed by atoms with van der Waals surface area (Å²) in [7, 11) is 0. The minimum Gasteiger partial charge on any atom is -0.290 e. The zero-order valence-electron chi connectivity index (χ0n) is 15.3. The van der Waals surface area contributed by atoms with Crippen LogP contribution in [0.4, 0.5) is 10.1 Å². The molecular formula is C23H18FN3O. The molecule has 1 aromatic heterocycles. The van der Waals surface area contributed by atoms with Gasteiger partial charge in [-0.25, -0.2) is 9.07 Å². The fourth-order valence-corrected chi connectivity index (χ4v) is 3.11. The number of hydrogen-bond acceptors (Lipinski definition) is 2. The molecule has 0 aliphatic rings. The molecule has 4 nitrogen and oxygen atoms in total. The molecule has 0 spiro atoms. The van der Waals surface area contributed by atoms with Crippen molar-refractivity contribution in [2.24, 2.45) is 4.99 Å². The quantitative estimate of drug-likeness (QED) is 0.498. The van der Waals surface area contributed by atoms with Crippen LogP contribution in [0.3, 0.4) is 0 Å². The Bertz CT molecular complexity index is 1170. The Morgan fingerprint density at radius 2 is 1.50 bits per heavy atom. The molecule has 0 amide bonds. The van der Waals surface area contributed by atoms with Gasteiger partial charge >= 0.3 is 0 Å². The van der Waals surface area contributed by atoms with Crippen LogP contribution in [0, 0.1) is 5.82 Å². The molecule has 3 aromatic carbocycles. The Balaban J connectivity index is 1.92. The third-order valence-electron chi connectivity index (χ3n) is 4.45. The SMILES string of the molecule is CC(=Nc1ccccc1)c1c(-c2ccccc2)[nH]n(-c2ccc(F)cc2)c1=O. The topological polar surface area (TPSA) is 50.1 Å². The highest BCUT2D eigenvalue weighted by Gasteiger charge is 2.19. The molecule has 0 atom stereocenters. The first-order valence-electron chi connectivity index (χ1n) is 8.90. The Morgan fingerprint density at radius 1 is 0.893 bits per heavy atom. The number of aliphatic imine (C=N–C) groups is 1. The summed E-state index contributed by atoms with van der Waals surface area (Å²) in [6, 6.07) is 24.9. The van der Waals surface area contributed by atoms with Crippen LogP contribution in [-0.2, 0) is 0 Å². The molecule has 0 unspecified atom stereocenters. The van der Waals surface area contributed by atoms with E-state index in [1.54, 1.807) is 12.1 Å². The molecule has 0 radical (unpaired) electrons. The summed E-state index contributed by atoms with van der Waals surface area (Å²) in [5, 5.41) is 3.17. The van der Waals surface area contributed by atoms with Crippen LogP contribution in [0.5, 0.6) is 0 Å². The summed E-state index contributed by atoms with van der Waals surface area (Å²) in [6.07, 6.45) is 0. The molecule has 4 rings (SSSR count). The van der Waals surface area contributed by atoms with Crippen molar-refractivity contribution in [3.63, 3.8) is 0 Å². The summed E-state index contributed by atoms with van der Waals surface area (Å²) in [5.41, 5.74) is 3.73. The van der Waals surface area contributed by atoms with Crippen LogP contribution >= 0.6 is 0 Å². The number of para-hydroxylation sites is 1. The number of nitrogens with zero attached hydrogens (tertiary/aromatic N) is 2. The van der Waals surface area contributed by atoms with Crippen molar-refractivity contribution in [1.29, 1.82) is 0 Å². The fourth-order valence-electron chi connectivity index (χ4n) is 3.11. The Hall–Kier alpha value is -3.73. The number of aromatic nitrogens is 2. The minimum atomic E-state index is -0.353. The normalized spacial score (nSPS) is 11.6. The molecule has 5 heteroatoms. The molecule has 0 fully saturated rings. The number of benzene rings is 3. The van der Waals surface area contributed by atoms with Gasteiger partial charge in [-0.1, -0.05) is 48.5 Å². The van der Waals surface area contributed by atoms with Gasteiger partial charge in [-0.2, -0.15) is 0 Å². The molecule has 0 saturated heterocycles. The first kappa shape index (κ1) is 17.7. The molecule has 28 heavy (non-hydrogen) atoms. The number of halogens is 1. The molecule has 1 heterocycles. The van der Waals surface area contributed by atoms with Crippen LogP contribution < -0.4 is 5.56 Å².